The van der Waals surface area contributed by atoms with Crippen molar-refractivity contribution < 1.29 is 38.4 Å². The van der Waals surface area contributed by atoms with E-state index in [0.717, 1.165) is 47.2 Å². The summed E-state index contributed by atoms with van der Waals surface area (Å²) < 4.78 is 23.6. The average molecular weight is 796 g/mol. The number of methoxy groups -OCH3 is 2. The van der Waals surface area contributed by atoms with Gasteiger partial charge in [0.25, 0.3) is 11.8 Å². The molecule has 0 saturated carbocycles. The zero-order valence-corrected chi connectivity index (χ0v) is 33.4. The molecule has 8 rings (SSSR count). The molecule has 2 unspecified atom stereocenters. The highest BCUT2D eigenvalue weighted by molar-refractivity contribution is 6.06. The highest BCUT2D eigenvalue weighted by Gasteiger charge is 2.35. The van der Waals surface area contributed by atoms with Crippen molar-refractivity contribution in [2.24, 2.45) is 9.98 Å². The van der Waals surface area contributed by atoms with E-state index in [1.165, 1.54) is 7.11 Å². The van der Waals surface area contributed by atoms with Crippen LogP contribution in [-0.2, 0) is 0 Å². The number of aromatic carboxylic acids is 1. The van der Waals surface area contributed by atoms with E-state index in [9.17, 15) is 19.5 Å². The topological polar surface area (TPSA) is 143 Å². The summed E-state index contributed by atoms with van der Waals surface area (Å²) in [4.78, 5) is 53.6. The zero-order chi connectivity index (χ0) is 41.2. The Balaban J connectivity index is 0.845. The van der Waals surface area contributed by atoms with Gasteiger partial charge in [0.2, 0.25) is 0 Å². The number of hydrogen-bond acceptors (Lipinski definition) is 10. The van der Waals surface area contributed by atoms with Crippen LogP contribution >= 0.6 is 0 Å². The van der Waals surface area contributed by atoms with Crippen molar-refractivity contribution in [3.8, 4) is 23.0 Å². The molecule has 0 saturated heterocycles. The van der Waals surface area contributed by atoms with E-state index in [0.29, 0.717) is 71.6 Å². The fraction of sp³-hybridized carbons (Fsp3) is 0.283. The first-order chi connectivity index (χ1) is 28.6. The van der Waals surface area contributed by atoms with Crippen LogP contribution in [0, 0.1) is 0 Å². The maximum absolute atomic E-state index is 13.8. The van der Waals surface area contributed by atoms with Gasteiger partial charge >= 0.3 is 5.97 Å². The second kappa shape index (κ2) is 16.5. The molecule has 4 aromatic carbocycles. The van der Waals surface area contributed by atoms with Crippen LogP contribution in [0.3, 0.4) is 0 Å². The molecule has 13 nitrogen and oxygen atoms in total. The molecule has 4 heterocycles. The molecule has 2 amide bonds. The summed E-state index contributed by atoms with van der Waals surface area (Å²) in [6.07, 6.45) is 10.9. The molecule has 302 valence electrons. The average Bonchev–Trinajstić information content (AvgIpc) is 3.83. The number of aliphatic imine (C=N–C) groups is 2. The van der Waals surface area contributed by atoms with Crippen molar-refractivity contribution in [3.05, 3.63) is 113 Å². The number of carbonyl (C=O) groups is 3. The summed E-state index contributed by atoms with van der Waals surface area (Å²) >= 11 is 0. The first-order valence-electron chi connectivity index (χ1n) is 19.6. The number of nitrogens with zero attached hydrogens (tertiary/aromatic N) is 5. The molecule has 59 heavy (non-hydrogen) atoms. The Morgan fingerprint density at radius 3 is 1.56 bits per heavy atom. The van der Waals surface area contributed by atoms with Gasteiger partial charge in [-0.1, -0.05) is 24.3 Å². The van der Waals surface area contributed by atoms with Crippen LogP contribution in [0.2, 0.25) is 0 Å². The predicted octanol–water partition coefficient (Wildman–Crippen LogP) is 8.04. The molecule has 13 heteroatoms. The zero-order valence-electron chi connectivity index (χ0n) is 33.4. The fourth-order valence-electron chi connectivity index (χ4n) is 7.69. The summed E-state index contributed by atoms with van der Waals surface area (Å²) in [6.45, 7) is 0.850. The van der Waals surface area contributed by atoms with E-state index in [-0.39, 0.29) is 29.5 Å². The minimum atomic E-state index is -0.987. The molecule has 0 aliphatic carbocycles. The second-order valence-corrected chi connectivity index (χ2v) is 15.0. The van der Waals surface area contributed by atoms with Crippen molar-refractivity contribution in [1.29, 1.82) is 0 Å². The maximum Gasteiger partial charge on any atom is 0.335 e. The number of carboxylic acids is 1. The lowest BCUT2D eigenvalue weighted by Crippen LogP contribution is -2.32. The molecule has 4 aromatic rings. The van der Waals surface area contributed by atoms with Crippen LogP contribution in [0.1, 0.15) is 74.3 Å². The number of hydrogen-bond donors (Lipinski definition) is 1. The summed E-state index contributed by atoms with van der Waals surface area (Å²) in [6, 6.07) is 21.4. The molecular weight excluding hydrogens is 751 g/mol. The van der Waals surface area contributed by atoms with Gasteiger partial charge < -0.3 is 38.8 Å². The Hall–Kier alpha value is -6.89. The third kappa shape index (κ3) is 7.88. The number of unbranched alkanes of at least 4 members (excludes halogenated alkanes) is 2. The predicted molar refractivity (Wildman–Crippen MR) is 226 cm³/mol. The lowest BCUT2D eigenvalue weighted by atomic mass is 10.0. The Morgan fingerprint density at radius 1 is 0.678 bits per heavy atom. The van der Waals surface area contributed by atoms with Crippen LogP contribution in [0.4, 0.5) is 17.1 Å². The lowest BCUT2D eigenvalue weighted by molar-refractivity contribution is 0.0695. The van der Waals surface area contributed by atoms with Gasteiger partial charge in [0.05, 0.1) is 67.6 Å². The van der Waals surface area contributed by atoms with E-state index < -0.39 is 5.97 Å². The standard InChI is InChI=1S/C46H45N5O8/c1-49(2)33-14-12-29(13-15-33)32-19-35-25-48-39-23-43(41(57-4)21-37(39)45(53)51(35)27-32)59-17-7-5-6-16-58-42-22-38-36(20-40(42)56-3)44(52)50-26-31(18-34(50)24-47-38)28-8-10-30(11-9-28)46(54)55/h8-15,20-27,34-35H,5-7,16-19H2,1-4H3,(H,54,55). The van der Waals surface area contributed by atoms with E-state index in [4.69, 9.17) is 23.9 Å². The fourth-order valence-corrected chi connectivity index (χ4v) is 7.69. The Labute approximate surface area is 342 Å². The van der Waals surface area contributed by atoms with Gasteiger partial charge in [-0.05, 0) is 77.9 Å². The number of fused-ring (bicyclic) bond motifs is 4. The normalized spacial score (nSPS) is 17.6. The maximum atomic E-state index is 13.8. The minimum absolute atomic E-state index is 0.133. The molecule has 0 radical (unpaired) electrons. The largest absolute Gasteiger partial charge is 0.493 e. The number of anilines is 1. The van der Waals surface area contributed by atoms with Crippen molar-refractivity contribution in [1.82, 2.24) is 9.80 Å². The third-order valence-corrected chi connectivity index (χ3v) is 11.0. The first kappa shape index (κ1) is 39.0. The monoisotopic (exact) mass is 795 g/mol. The smallest absolute Gasteiger partial charge is 0.335 e. The van der Waals surface area contributed by atoms with Crippen molar-refractivity contribution in [3.63, 3.8) is 0 Å². The lowest BCUT2D eigenvalue weighted by Gasteiger charge is -2.19. The molecule has 4 aliphatic heterocycles. The number of rotatable bonds is 14. The Bertz CT molecular complexity index is 2420. The molecular formula is C46H45N5O8. The van der Waals surface area contributed by atoms with Gasteiger partial charge in [0.15, 0.2) is 23.0 Å². The summed E-state index contributed by atoms with van der Waals surface area (Å²) in [5, 5.41) is 9.24. The Morgan fingerprint density at radius 2 is 1.14 bits per heavy atom. The van der Waals surface area contributed by atoms with Crippen molar-refractivity contribution in [2.75, 3.05) is 46.4 Å². The van der Waals surface area contributed by atoms with Crippen LogP contribution in [-0.4, -0.2) is 98.7 Å². The van der Waals surface area contributed by atoms with Crippen LogP contribution in [0.15, 0.2) is 95.2 Å². The molecule has 0 spiro atoms. The van der Waals surface area contributed by atoms with Gasteiger partial charge in [-0.3, -0.25) is 19.6 Å². The number of benzene rings is 4. The molecule has 0 fully saturated rings. The van der Waals surface area contributed by atoms with Gasteiger partial charge in [0, 0.05) is 69.6 Å². The third-order valence-electron chi connectivity index (χ3n) is 11.0. The van der Waals surface area contributed by atoms with Crippen molar-refractivity contribution >= 4 is 58.4 Å². The molecule has 2 atom stereocenters. The van der Waals surface area contributed by atoms with E-state index in [1.807, 2.05) is 32.7 Å². The summed E-state index contributed by atoms with van der Waals surface area (Å²) in [7, 11) is 7.12. The molecule has 1 N–H and O–H groups in total. The number of carbonyl (C=O) groups excluding carboxylic acids is 2. The van der Waals surface area contributed by atoms with Crippen LogP contribution in [0.5, 0.6) is 23.0 Å². The highest BCUT2D eigenvalue weighted by atomic mass is 16.5. The highest BCUT2D eigenvalue weighted by Crippen LogP contribution is 2.42. The number of ether oxygens (including phenoxy) is 4. The number of carboxylic acid groups (broad SMARTS) is 1. The SMILES string of the molecule is COc1cc2c(cc1OCCCCCOc1cc3c(cc1OC)C(=O)N1C=C(c4ccc(N(C)C)cc4)CC1C=N3)N=CC1CC(c3ccc(C(=O)O)cc3)=CN1C2=O. The van der Waals surface area contributed by atoms with E-state index >= 15 is 0 Å². The quantitative estimate of drug-likeness (QED) is 0.126. The van der Waals surface area contributed by atoms with E-state index in [2.05, 4.69) is 34.2 Å². The van der Waals surface area contributed by atoms with Gasteiger partial charge in [-0.25, -0.2) is 4.79 Å². The minimum Gasteiger partial charge on any atom is -0.493 e. The van der Waals surface area contributed by atoms with Crippen molar-refractivity contribution in [2.45, 2.75) is 44.2 Å². The van der Waals surface area contributed by atoms with Crippen LogP contribution in [0.25, 0.3) is 11.1 Å². The van der Waals surface area contributed by atoms with E-state index in [1.54, 1.807) is 71.7 Å². The summed E-state index contributed by atoms with van der Waals surface area (Å²) in [5.41, 5.74) is 7.18. The molecule has 0 bridgehead atoms. The molecule has 4 aliphatic rings. The number of amides is 2. The summed E-state index contributed by atoms with van der Waals surface area (Å²) in [5.74, 6) is 0.606. The van der Waals surface area contributed by atoms with Gasteiger partial charge in [0.1, 0.15) is 0 Å². The molecule has 0 aromatic heterocycles. The second-order valence-electron chi connectivity index (χ2n) is 15.0. The first-order valence-corrected chi connectivity index (χ1v) is 19.6. The van der Waals surface area contributed by atoms with Gasteiger partial charge in [-0.15, -0.1) is 0 Å². The van der Waals surface area contributed by atoms with Crippen LogP contribution < -0.4 is 23.8 Å². The van der Waals surface area contributed by atoms with Gasteiger partial charge in [-0.2, -0.15) is 0 Å². The Kier molecular flexibility index (Phi) is 10.9.